The molecule has 0 heterocycles. The molecule has 0 unspecified atom stereocenters. The van der Waals surface area contributed by atoms with Gasteiger partial charge in [-0.05, 0) is 0 Å². The molecule has 0 amide bonds. The van der Waals surface area contributed by atoms with Crippen LogP contribution in [0.15, 0.2) is 30.3 Å². The number of halogens is 4. The predicted octanol–water partition coefficient (Wildman–Crippen LogP) is 2.93. The Hall–Kier alpha value is -1.18. The molecule has 0 radical (unpaired) electrons. The second kappa shape index (κ2) is 6.68. The van der Waals surface area contributed by atoms with Crippen LogP contribution in [-0.2, 0) is 14.1 Å². The van der Waals surface area contributed by atoms with Gasteiger partial charge < -0.3 is 17.3 Å². The lowest BCUT2D eigenvalue weighted by Crippen LogP contribution is -2.19. The van der Waals surface area contributed by atoms with Gasteiger partial charge in [-0.25, -0.2) is 0 Å². The first-order valence-corrected chi connectivity index (χ1v) is 7.41. The Kier molecular flexibility index (Phi) is 6.24. The predicted molar refractivity (Wildman–Crippen MR) is 65.7 cm³/mol. The van der Waals surface area contributed by atoms with Gasteiger partial charge in [-0.15, -0.1) is 4.21 Å². The Morgan fingerprint density at radius 2 is 1.50 bits per heavy atom. The number of hydrogen-bond donors (Lipinski definition) is 0. The molecular weight excluding hydrogens is 271 g/mol. The summed E-state index contributed by atoms with van der Waals surface area (Å²) in [5.41, 5.74) is 0.638. The van der Waals surface area contributed by atoms with Gasteiger partial charge in [0.15, 0.2) is 5.75 Å². The Bertz CT molecular complexity index is 421. The van der Waals surface area contributed by atoms with E-state index in [1.54, 1.807) is 36.8 Å². The molecule has 8 heteroatoms. The number of Topliss-reactive ketones (excluding diaryl/α,β-unsaturated/α-hetero) is 1. The molecule has 1 aromatic rings. The molecule has 1 aromatic carbocycles. The molecule has 0 fully saturated rings. The van der Waals surface area contributed by atoms with Crippen LogP contribution in [0.4, 0.5) is 17.3 Å². The molecule has 0 saturated carbocycles. The zero-order valence-electron chi connectivity index (χ0n) is 9.91. The number of rotatable bonds is 3. The van der Waals surface area contributed by atoms with Crippen LogP contribution in [0.1, 0.15) is 10.4 Å². The van der Waals surface area contributed by atoms with Crippen molar-refractivity contribution in [1.82, 2.24) is 0 Å². The molecule has 1 rings (SSSR count). The van der Waals surface area contributed by atoms with Gasteiger partial charge in [0.1, 0.15) is 12.5 Å². The molecule has 0 atom stereocenters. The highest BCUT2D eigenvalue weighted by atomic mass is 32.2. The smallest absolute Gasteiger partial charge is 0.418 e. The molecule has 0 spiro atoms. The maximum Gasteiger partial charge on any atom is 0.673 e. The summed E-state index contributed by atoms with van der Waals surface area (Å²) < 4.78 is 50.3. The second-order valence-electron chi connectivity index (χ2n) is 3.87. The van der Waals surface area contributed by atoms with Crippen molar-refractivity contribution in [2.24, 2.45) is 0 Å². The zero-order valence-corrected chi connectivity index (χ0v) is 10.7. The van der Waals surface area contributed by atoms with E-state index in [1.165, 1.54) is 0 Å². The Morgan fingerprint density at radius 3 is 1.83 bits per heavy atom. The van der Waals surface area contributed by atoms with Crippen LogP contribution in [0.5, 0.6) is 0 Å². The summed E-state index contributed by atoms with van der Waals surface area (Å²) in [4.78, 5) is 11.5. The van der Waals surface area contributed by atoms with Crippen LogP contribution in [-0.4, -0.2) is 31.3 Å². The highest BCUT2D eigenvalue weighted by molar-refractivity contribution is 8.02. The van der Waals surface area contributed by atoms with Gasteiger partial charge in [-0.3, -0.25) is 4.79 Å². The lowest BCUT2D eigenvalue weighted by atomic mass is 10.2. The molecule has 0 N–H and O–H groups in total. The lowest BCUT2D eigenvalue weighted by molar-refractivity contribution is 0.102. The van der Waals surface area contributed by atoms with Crippen molar-refractivity contribution < 1.29 is 26.3 Å². The van der Waals surface area contributed by atoms with Crippen molar-refractivity contribution in [3.63, 3.8) is 0 Å². The summed E-state index contributed by atoms with van der Waals surface area (Å²) in [7, 11) is -7.97. The van der Waals surface area contributed by atoms with E-state index in [0.717, 1.165) is 0 Å². The number of ketones is 1. The molecule has 0 aliphatic heterocycles. The van der Waals surface area contributed by atoms with E-state index in [0.29, 0.717) is 5.56 Å². The fourth-order valence-corrected chi connectivity index (χ4v) is 1.82. The van der Waals surface area contributed by atoms with Crippen LogP contribution in [0.2, 0.25) is 0 Å². The first-order valence-electron chi connectivity index (χ1n) is 4.86. The summed E-state index contributed by atoms with van der Waals surface area (Å²) in [5.74, 6) is 0.0902. The van der Waals surface area contributed by atoms with Gasteiger partial charge in [0, 0.05) is 5.56 Å². The third-order valence-corrected chi connectivity index (χ3v) is 2.53. The average molecular weight is 284 g/mol. The number of hydrogen-bond acceptors (Lipinski definition) is 2. The van der Waals surface area contributed by atoms with Crippen molar-refractivity contribution in [2.75, 3.05) is 18.3 Å². The average Bonchev–Trinajstić information content (AvgIpc) is 2.14. The quantitative estimate of drug-likeness (QED) is 0.370. The standard InChI is InChI=1S/C10H13O2S.BF4/c1-13(2,12)8-10(11)9-6-4-3-5-7-9;2-1(3,4)5/h3-7H,8H2,1-2H3;/q+1;-1. The molecule has 0 aliphatic carbocycles. The molecule has 102 valence electrons. The fourth-order valence-electron chi connectivity index (χ4n) is 1.02. The Morgan fingerprint density at radius 1 is 1.11 bits per heavy atom. The van der Waals surface area contributed by atoms with E-state index in [-0.39, 0.29) is 11.5 Å². The van der Waals surface area contributed by atoms with Crippen molar-refractivity contribution in [2.45, 2.75) is 0 Å². The van der Waals surface area contributed by atoms with E-state index in [2.05, 4.69) is 0 Å². The molecule has 0 aromatic heterocycles. The van der Waals surface area contributed by atoms with E-state index in [1.807, 2.05) is 6.07 Å². The van der Waals surface area contributed by atoms with Gasteiger partial charge in [-0.1, -0.05) is 30.3 Å². The van der Waals surface area contributed by atoms with E-state index >= 15 is 0 Å². The third-order valence-electron chi connectivity index (χ3n) is 1.57. The van der Waals surface area contributed by atoms with Crippen LogP contribution in [0, 0.1) is 0 Å². The maximum atomic E-state index is 11.5. The number of benzene rings is 1. The minimum Gasteiger partial charge on any atom is -0.418 e. The molecule has 18 heavy (non-hydrogen) atoms. The van der Waals surface area contributed by atoms with Crippen molar-refractivity contribution >= 4 is 23.0 Å². The van der Waals surface area contributed by atoms with Crippen LogP contribution < -0.4 is 0 Å². The lowest BCUT2D eigenvalue weighted by Gasteiger charge is -2.00. The molecule has 0 aliphatic rings. The van der Waals surface area contributed by atoms with Crippen LogP contribution in [0.3, 0.4) is 0 Å². The van der Waals surface area contributed by atoms with Crippen LogP contribution >= 0.6 is 0 Å². The zero-order chi connectivity index (χ0) is 14.4. The summed E-state index contributed by atoms with van der Waals surface area (Å²) >= 11 is 0. The fraction of sp³-hybridized carbons (Fsp3) is 0.300. The van der Waals surface area contributed by atoms with E-state index in [4.69, 9.17) is 0 Å². The minimum atomic E-state index is -6.00. The first-order chi connectivity index (χ1) is 7.99. The van der Waals surface area contributed by atoms with Gasteiger partial charge in [-0.2, -0.15) is 0 Å². The van der Waals surface area contributed by atoms with Crippen molar-refractivity contribution in [3.05, 3.63) is 35.9 Å². The highest BCUT2D eigenvalue weighted by Crippen LogP contribution is 2.06. The summed E-state index contributed by atoms with van der Waals surface area (Å²) in [6, 6.07) is 8.95. The molecule has 0 bridgehead atoms. The van der Waals surface area contributed by atoms with Gasteiger partial charge in [0.2, 0.25) is 5.78 Å². The minimum absolute atomic E-state index is 0.0457. The summed E-state index contributed by atoms with van der Waals surface area (Å²) in [5, 5.41) is 0. The monoisotopic (exact) mass is 284 g/mol. The second-order valence-corrected chi connectivity index (χ2v) is 7.03. The molecule has 0 saturated heterocycles. The Balaban J connectivity index is 0.000000494. The van der Waals surface area contributed by atoms with E-state index in [9.17, 15) is 26.3 Å². The largest absolute Gasteiger partial charge is 0.673 e. The van der Waals surface area contributed by atoms with Crippen molar-refractivity contribution in [1.29, 1.82) is 0 Å². The maximum absolute atomic E-state index is 11.5. The van der Waals surface area contributed by atoms with Crippen LogP contribution in [0.25, 0.3) is 0 Å². The van der Waals surface area contributed by atoms with E-state index < -0.39 is 17.2 Å². The number of carbonyl (C=O) groups excluding carboxylic acids is 1. The highest BCUT2D eigenvalue weighted by Gasteiger charge is 2.20. The summed E-state index contributed by atoms with van der Waals surface area (Å²) in [6.45, 7) is 0. The summed E-state index contributed by atoms with van der Waals surface area (Å²) in [6.07, 6.45) is 3.21. The van der Waals surface area contributed by atoms with Crippen molar-refractivity contribution in [3.8, 4) is 0 Å². The Labute approximate surface area is 104 Å². The van der Waals surface area contributed by atoms with Gasteiger partial charge in [0.05, 0.1) is 9.93 Å². The van der Waals surface area contributed by atoms with Gasteiger partial charge >= 0.3 is 7.25 Å². The van der Waals surface area contributed by atoms with Gasteiger partial charge in [0.25, 0.3) is 0 Å². The SMILES string of the molecule is C[S+](C)(=O)CC(=O)c1ccccc1.F[B-](F)(F)F. The molecule has 2 nitrogen and oxygen atoms in total. The third kappa shape index (κ3) is 11.3. The topological polar surface area (TPSA) is 34.1 Å². The number of carbonyl (C=O) groups is 1. The normalized spacial score (nSPS) is 11.4. The molecular formula is C10H13BF4O2S. The first kappa shape index (κ1) is 16.8.